The van der Waals surface area contributed by atoms with Crippen LogP contribution in [0.4, 0.5) is 0 Å². The van der Waals surface area contributed by atoms with Gasteiger partial charge in [-0.2, -0.15) is 0 Å². The largest absolute Gasteiger partial charge is 0.314 e. The summed E-state index contributed by atoms with van der Waals surface area (Å²) in [6.45, 7) is 15.4. The molecule has 0 aliphatic heterocycles. The number of unbranched alkanes of at least 4 members (excludes halogenated alkanes) is 1. The molecule has 0 aromatic carbocycles. The lowest BCUT2D eigenvalue weighted by Crippen LogP contribution is -2.45. The van der Waals surface area contributed by atoms with E-state index in [1.54, 1.807) is 0 Å². The maximum Gasteiger partial charge on any atom is 0.00966 e. The molecule has 0 radical (unpaired) electrons. The monoisotopic (exact) mass is 268 g/mol. The van der Waals surface area contributed by atoms with Crippen LogP contribution in [-0.4, -0.2) is 36.6 Å². The smallest absolute Gasteiger partial charge is 0.00966 e. The van der Waals surface area contributed by atoms with Gasteiger partial charge in [-0.15, -0.1) is 0 Å². The third-order valence-electron chi connectivity index (χ3n) is 4.24. The van der Waals surface area contributed by atoms with Crippen molar-refractivity contribution >= 4 is 0 Å². The molecular weight excluding hydrogens is 232 g/mol. The molecule has 0 aromatic heterocycles. The van der Waals surface area contributed by atoms with Gasteiger partial charge in [0.25, 0.3) is 0 Å². The molecule has 1 atom stereocenters. The van der Waals surface area contributed by atoms with E-state index in [1.165, 1.54) is 51.6 Å². The molecule has 19 heavy (non-hydrogen) atoms. The fourth-order valence-corrected chi connectivity index (χ4v) is 2.96. The molecule has 1 saturated carbocycles. The maximum absolute atomic E-state index is 3.67. The number of hydrogen-bond donors (Lipinski definition) is 1. The first kappa shape index (κ1) is 17.0. The summed E-state index contributed by atoms with van der Waals surface area (Å²) in [6, 6.07) is 1.50. The lowest BCUT2D eigenvalue weighted by atomic mass is 9.84. The van der Waals surface area contributed by atoms with Crippen LogP contribution in [-0.2, 0) is 0 Å². The highest BCUT2D eigenvalue weighted by Crippen LogP contribution is 2.32. The van der Waals surface area contributed by atoms with Crippen LogP contribution in [0, 0.1) is 5.41 Å². The lowest BCUT2D eigenvalue weighted by Gasteiger charge is -2.36. The summed E-state index contributed by atoms with van der Waals surface area (Å²) in [7, 11) is 0. The van der Waals surface area contributed by atoms with Gasteiger partial charge in [-0.25, -0.2) is 0 Å². The second-order valence-electron chi connectivity index (χ2n) is 7.15. The molecule has 0 spiro atoms. The van der Waals surface area contributed by atoms with Crippen molar-refractivity contribution in [2.45, 2.75) is 85.2 Å². The predicted octanol–water partition coefficient (Wildman–Crippen LogP) is 4.06. The molecular formula is C17H36N2. The van der Waals surface area contributed by atoms with Gasteiger partial charge in [0.15, 0.2) is 0 Å². The van der Waals surface area contributed by atoms with Crippen molar-refractivity contribution in [1.82, 2.24) is 10.2 Å². The average Bonchev–Trinajstić information content (AvgIpc) is 3.17. The van der Waals surface area contributed by atoms with Gasteiger partial charge in [0.1, 0.15) is 0 Å². The molecule has 0 amide bonds. The van der Waals surface area contributed by atoms with E-state index in [4.69, 9.17) is 0 Å². The zero-order chi connectivity index (χ0) is 14.3. The van der Waals surface area contributed by atoms with Crippen LogP contribution in [0.15, 0.2) is 0 Å². The molecule has 2 heteroatoms. The lowest BCUT2D eigenvalue weighted by molar-refractivity contribution is 0.139. The van der Waals surface area contributed by atoms with E-state index in [0.29, 0.717) is 11.5 Å². The quantitative estimate of drug-likeness (QED) is 0.608. The summed E-state index contributed by atoms with van der Waals surface area (Å²) >= 11 is 0. The molecule has 0 heterocycles. The summed E-state index contributed by atoms with van der Waals surface area (Å²) in [5, 5.41) is 3.67. The summed E-state index contributed by atoms with van der Waals surface area (Å²) in [5.74, 6) is 0. The highest BCUT2D eigenvalue weighted by molar-refractivity contribution is 4.89. The Bertz CT molecular complexity index is 235. The molecule has 0 saturated heterocycles. The Morgan fingerprint density at radius 2 is 1.89 bits per heavy atom. The van der Waals surface area contributed by atoms with Gasteiger partial charge < -0.3 is 5.32 Å². The van der Waals surface area contributed by atoms with E-state index >= 15 is 0 Å². The second-order valence-corrected chi connectivity index (χ2v) is 7.15. The maximum atomic E-state index is 3.67. The van der Waals surface area contributed by atoms with Crippen molar-refractivity contribution < 1.29 is 0 Å². The average molecular weight is 268 g/mol. The van der Waals surface area contributed by atoms with Crippen molar-refractivity contribution in [1.29, 1.82) is 0 Å². The van der Waals surface area contributed by atoms with Crippen LogP contribution < -0.4 is 5.32 Å². The highest BCUT2D eigenvalue weighted by Gasteiger charge is 2.34. The van der Waals surface area contributed by atoms with Gasteiger partial charge in [-0.3, -0.25) is 4.90 Å². The first-order valence-corrected chi connectivity index (χ1v) is 8.48. The summed E-state index contributed by atoms with van der Waals surface area (Å²) in [6.07, 6.45) is 8.17. The summed E-state index contributed by atoms with van der Waals surface area (Å²) in [5.41, 5.74) is 0.440. The van der Waals surface area contributed by atoms with Crippen LogP contribution in [0.2, 0.25) is 0 Å². The van der Waals surface area contributed by atoms with Gasteiger partial charge in [-0.05, 0) is 37.6 Å². The summed E-state index contributed by atoms with van der Waals surface area (Å²) < 4.78 is 0. The van der Waals surface area contributed by atoms with Crippen LogP contribution in [0.5, 0.6) is 0 Å². The molecule has 1 N–H and O–H groups in total. The number of hydrogen-bond acceptors (Lipinski definition) is 2. The molecule has 1 unspecified atom stereocenters. The van der Waals surface area contributed by atoms with Crippen molar-refractivity contribution in [3.05, 3.63) is 0 Å². The second kappa shape index (κ2) is 8.26. The fourth-order valence-electron chi connectivity index (χ4n) is 2.96. The Labute approximate surface area is 121 Å². The third-order valence-corrected chi connectivity index (χ3v) is 4.24. The van der Waals surface area contributed by atoms with Crippen LogP contribution >= 0.6 is 0 Å². The number of nitrogens with zero attached hydrogens (tertiary/aromatic N) is 1. The standard InChI is InChI=1S/C17H36N2/c1-6-8-12-19(16-9-10-16)14-17(5,11-7-2)13-18-15(3)4/h15-16,18H,6-14H2,1-5H3. The van der Waals surface area contributed by atoms with E-state index in [9.17, 15) is 0 Å². The van der Waals surface area contributed by atoms with Crippen LogP contribution in [0.1, 0.15) is 73.1 Å². The molecule has 2 nitrogen and oxygen atoms in total. The molecule has 1 fully saturated rings. The zero-order valence-corrected chi connectivity index (χ0v) is 14.0. The normalized spacial score (nSPS) is 19.1. The van der Waals surface area contributed by atoms with Gasteiger partial charge in [-0.1, -0.05) is 47.5 Å². The minimum absolute atomic E-state index is 0.440. The van der Waals surface area contributed by atoms with Crippen LogP contribution in [0.3, 0.4) is 0 Å². The van der Waals surface area contributed by atoms with E-state index < -0.39 is 0 Å². The minimum atomic E-state index is 0.440. The highest BCUT2D eigenvalue weighted by atomic mass is 15.2. The Morgan fingerprint density at radius 1 is 1.21 bits per heavy atom. The Kier molecular flexibility index (Phi) is 7.38. The number of rotatable bonds is 11. The first-order chi connectivity index (χ1) is 9.00. The van der Waals surface area contributed by atoms with E-state index in [2.05, 4.69) is 44.8 Å². The van der Waals surface area contributed by atoms with Crippen molar-refractivity contribution in [3.63, 3.8) is 0 Å². The molecule has 1 rings (SSSR count). The third kappa shape index (κ3) is 6.76. The van der Waals surface area contributed by atoms with Gasteiger partial charge in [0, 0.05) is 25.2 Å². The van der Waals surface area contributed by atoms with Crippen molar-refractivity contribution in [2.75, 3.05) is 19.6 Å². The van der Waals surface area contributed by atoms with E-state index in [1.807, 2.05) is 0 Å². The summed E-state index contributed by atoms with van der Waals surface area (Å²) in [4.78, 5) is 2.78. The van der Waals surface area contributed by atoms with Gasteiger partial charge in [0.2, 0.25) is 0 Å². The van der Waals surface area contributed by atoms with Gasteiger partial charge >= 0.3 is 0 Å². The number of nitrogens with one attached hydrogen (secondary N) is 1. The van der Waals surface area contributed by atoms with Gasteiger partial charge in [0.05, 0.1) is 0 Å². The SMILES string of the molecule is CCCCN(CC(C)(CCC)CNC(C)C)C1CC1. The Hall–Kier alpha value is -0.0800. The molecule has 1 aliphatic rings. The van der Waals surface area contributed by atoms with E-state index in [-0.39, 0.29) is 0 Å². The topological polar surface area (TPSA) is 15.3 Å². The fraction of sp³-hybridized carbons (Fsp3) is 1.00. The Morgan fingerprint density at radius 3 is 2.37 bits per heavy atom. The first-order valence-electron chi connectivity index (χ1n) is 8.48. The van der Waals surface area contributed by atoms with E-state index in [0.717, 1.165) is 12.6 Å². The zero-order valence-electron chi connectivity index (χ0n) is 14.0. The molecule has 0 bridgehead atoms. The minimum Gasteiger partial charge on any atom is -0.314 e. The Balaban J connectivity index is 2.52. The van der Waals surface area contributed by atoms with Crippen molar-refractivity contribution in [2.24, 2.45) is 5.41 Å². The predicted molar refractivity (Wildman–Crippen MR) is 85.7 cm³/mol. The molecule has 1 aliphatic carbocycles. The van der Waals surface area contributed by atoms with Crippen LogP contribution in [0.25, 0.3) is 0 Å². The van der Waals surface area contributed by atoms with Crippen molar-refractivity contribution in [3.8, 4) is 0 Å². The molecule has 114 valence electrons. The molecule has 0 aromatic rings.